The number of fused-ring (bicyclic) bond motifs is 1. The van der Waals surface area contributed by atoms with E-state index in [0.717, 1.165) is 0 Å². The SMILES string of the molecule is Cc1ccc(C)c2c1C=[C-]C2C(c1ccccc1)P(c1ccccc1)c1ccccc1.[Li+]. The van der Waals surface area contributed by atoms with Gasteiger partial charge in [0.25, 0.3) is 0 Å². The van der Waals surface area contributed by atoms with E-state index in [4.69, 9.17) is 0 Å². The predicted molar refractivity (Wildman–Crippen MR) is 135 cm³/mol. The number of hydrogen-bond donors (Lipinski definition) is 0. The Hall–Kier alpha value is -2.35. The number of rotatable bonds is 5. The van der Waals surface area contributed by atoms with Gasteiger partial charge in [-0.2, -0.15) is 5.56 Å². The van der Waals surface area contributed by atoms with Crippen LogP contribution in [0.25, 0.3) is 6.08 Å². The van der Waals surface area contributed by atoms with Crippen LogP contribution >= 0.6 is 7.92 Å². The van der Waals surface area contributed by atoms with Crippen molar-refractivity contribution in [3.63, 3.8) is 0 Å². The zero-order valence-electron chi connectivity index (χ0n) is 19.0. The summed E-state index contributed by atoms with van der Waals surface area (Å²) in [6.07, 6.45) is 6.05. The minimum absolute atomic E-state index is 0. The molecule has 0 aliphatic heterocycles. The molecule has 0 spiro atoms. The topological polar surface area (TPSA) is 0 Å². The molecule has 4 aromatic carbocycles. The van der Waals surface area contributed by atoms with Crippen molar-refractivity contribution in [3.8, 4) is 0 Å². The van der Waals surface area contributed by atoms with E-state index in [2.05, 4.69) is 129 Å². The Morgan fingerprint density at radius 1 is 0.656 bits per heavy atom. The first kappa shape index (κ1) is 22.8. The van der Waals surface area contributed by atoms with Gasteiger partial charge in [0, 0.05) is 5.66 Å². The standard InChI is InChI=1S/C30H26P.Li/c1-22-18-19-23(2)29-27(22)20-21-28(29)30(24-12-6-3-7-13-24)31(25-14-8-4-9-15-25)26-16-10-5-11-17-26;/h3-20,28,30H,1-2H3;/q-1;+1. The van der Waals surface area contributed by atoms with E-state index < -0.39 is 7.92 Å². The van der Waals surface area contributed by atoms with Gasteiger partial charge in [-0.25, -0.2) is 6.08 Å². The molecule has 0 nitrogen and oxygen atoms in total. The summed E-state index contributed by atoms with van der Waals surface area (Å²) >= 11 is 0. The minimum Gasteiger partial charge on any atom is -0.267 e. The molecule has 1 aliphatic rings. The van der Waals surface area contributed by atoms with Crippen LogP contribution in [-0.4, -0.2) is 0 Å². The van der Waals surface area contributed by atoms with Crippen molar-refractivity contribution in [2.75, 3.05) is 0 Å². The molecule has 0 fully saturated rings. The molecule has 0 amide bonds. The zero-order chi connectivity index (χ0) is 21.2. The van der Waals surface area contributed by atoms with Crippen molar-refractivity contribution in [2.45, 2.75) is 25.4 Å². The Bertz CT molecular complexity index is 1160. The van der Waals surface area contributed by atoms with Gasteiger partial charge in [0.05, 0.1) is 0 Å². The molecule has 2 atom stereocenters. The quantitative estimate of drug-likeness (QED) is 0.257. The summed E-state index contributed by atoms with van der Waals surface area (Å²) in [6, 6.07) is 37.7. The third-order valence-electron chi connectivity index (χ3n) is 6.25. The van der Waals surface area contributed by atoms with Crippen LogP contribution in [0.5, 0.6) is 0 Å². The number of hydrogen-bond acceptors (Lipinski definition) is 0. The Kier molecular flexibility index (Phi) is 7.18. The summed E-state index contributed by atoms with van der Waals surface area (Å²) < 4.78 is 0. The molecular weight excluding hydrogens is 398 g/mol. The van der Waals surface area contributed by atoms with E-state index in [1.165, 1.54) is 38.4 Å². The second-order valence-electron chi connectivity index (χ2n) is 8.21. The molecule has 4 aromatic rings. The number of benzene rings is 4. The van der Waals surface area contributed by atoms with Gasteiger partial charge < -0.3 is 0 Å². The van der Waals surface area contributed by atoms with Crippen molar-refractivity contribution in [1.82, 2.24) is 0 Å². The maximum atomic E-state index is 3.81. The van der Waals surface area contributed by atoms with Crippen molar-refractivity contribution < 1.29 is 18.9 Å². The Morgan fingerprint density at radius 2 is 1.16 bits per heavy atom. The van der Waals surface area contributed by atoms with Crippen LogP contribution in [0.2, 0.25) is 0 Å². The van der Waals surface area contributed by atoms with Crippen LogP contribution < -0.4 is 29.5 Å². The van der Waals surface area contributed by atoms with Gasteiger partial charge in [0.1, 0.15) is 0 Å². The summed E-state index contributed by atoms with van der Waals surface area (Å²) in [5, 5.41) is 2.83. The monoisotopic (exact) mass is 424 g/mol. The molecule has 152 valence electrons. The van der Waals surface area contributed by atoms with Crippen molar-refractivity contribution in [2.24, 2.45) is 0 Å². The van der Waals surface area contributed by atoms with E-state index in [-0.39, 0.29) is 24.8 Å². The van der Waals surface area contributed by atoms with Crippen molar-refractivity contribution in [1.29, 1.82) is 0 Å². The molecule has 2 unspecified atom stereocenters. The number of allylic oxidation sites excluding steroid dienone is 1. The van der Waals surface area contributed by atoms with E-state index in [0.29, 0.717) is 5.66 Å². The normalized spacial score (nSPS) is 15.3. The molecule has 0 aromatic heterocycles. The minimum atomic E-state index is -0.631. The third-order valence-corrected chi connectivity index (χ3v) is 9.11. The van der Waals surface area contributed by atoms with Crippen LogP contribution in [0.3, 0.4) is 0 Å². The molecule has 0 radical (unpaired) electrons. The number of aryl methyl sites for hydroxylation is 2. The summed E-state index contributed by atoms with van der Waals surface area (Å²) in [6.45, 7) is 4.47. The molecule has 0 heterocycles. The fourth-order valence-electron chi connectivity index (χ4n) is 4.75. The Balaban J connectivity index is 0.00000245. The maximum absolute atomic E-state index is 3.81. The summed E-state index contributed by atoms with van der Waals surface area (Å²) in [7, 11) is -0.631. The smallest absolute Gasteiger partial charge is 0.267 e. The van der Waals surface area contributed by atoms with E-state index in [1.807, 2.05) is 0 Å². The molecule has 5 rings (SSSR count). The average molecular weight is 424 g/mol. The average Bonchev–Trinajstić information content (AvgIpc) is 3.27. The second-order valence-corrected chi connectivity index (χ2v) is 10.5. The molecule has 1 aliphatic carbocycles. The zero-order valence-corrected chi connectivity index (χ0v) is 19.9. The molecular formula is C30H26LiP. The van der Waals surface area contributed by atoms with Crippen LogP contribution in [0.1, 0.15) is 39.4 Å². The first-order chi connectivity index (χ1) is 15.2. The van der Waals surface area contributed by atoms with Crippen LogP contribution in [0.15, 0.2) is 103 Å². The van der Waals surface area contributed by atoms with Gasteiger partial charge in [-0.1, -0.05) is 122 Å². The largest absolute Gasteiger partial charge is 1.00 e. The van der Waals surface area contributed by atoms with Gasteiger partial charge >= 0.3 is 18.9 Å². The van der Waals surface area contributed by atoms with Gasteiger partial charge in [0.2, 0.25) is 0 Å². The van der Waals surface area contributed by atoms with Crippen molar-refractivity contribution in [3.05, 3.63) is 137 Å². The van der Waals surface area contributed by atoms with Crippen LogP contribution in [0, 0.1) is 19.9 Å². The van der Waals surface area contributed by atoms with Crippen LogP contribution in [0.4, 0.5) is 0 Å². The molecule has 0 saturated carbocycles. The molecule has 0 bridgehead atoms. The van der Waals surface area contributed by atoms with Gasteiger partial charge in [-0.3, -0.25) is 6.08 Å². The predicted octanol–water partition coefficient (Wildman–Crippen LogP) is 4.10. The first-order valence-corrected chi connectivity index (χ1v) is 12.3. The fourth-order valence-corrected chi connectivity index (χ4v) is 7.68. The van der Waals surface area contributed by atoms with E-state index in [9.17, 15) is 0 Å². The van der Waals surface area contributed by atoms with E-state index in [1.54, 1.807) is 0 Å². The van der Waals surface area contributed by atoms with Crippen molar-refractivity contribution >= 4 is 24.6 Å². The fraction of sp³-hybridized carbons (Fsp3) is 0.133. The molecule has 2 heteroatoms. The molecule has 0 saturated heterocycles. The van der Waals surface area contributed by atoms with Gasteiger partial charge in [0.15, 0.2) is 0 Å². The van der Waals surface area contributed by atoms with Gasteiger partial charge in [-0.15, -0.1) is 11.1 Å². The first-order valence-electron chi connectivity index (χ1n) is 10.9. The third kappa shape index (κ3) is 4.29. The van der Waals surface area contributed by atoms with E-state index >= 15 is 0 Å². The molecule has 0 N–H and O–H groups in total. The maximum Gasteiger partial charge on any atom is 1.00 e. The summed E-state index contributed by atoms with van der Waals surface area (Å²) in [5.41, 5.74) is 7.23. The second kappa shape index (κ2) is 10.1. The molecule has 32 heavy (non-hydrogen) atoms. The summed E-state index contributed by atoms with van der Waals surface area (Å²) in [4.78, 5) is 0. The Morgan fingerprint density at radius 3 is 1.72 bits per heavy atom. The van der Waals surface area contributed by atoms with Gasteiger partial charge in [-0.05, 0) is 31.0 Å². The van der Waals surface area contributed by atoms with Crippen LogP contribution in [-0.2, 0) is 0 Å². The summed E-state index contributed by atoms with van der Waals surface area (Å²) in [5.74, 6) is 0.240. The Labute approximate surface area is 205 Å².